The van der Waals surface area contributed by atoms with Gasteiger partial charge in [0.05, 0.1) is 0 Å². The lowest BCUT2D eigenvalue weighted by Crippen LogP contribution is -2.45. The van der Waals surface area contributed by atoms with E-state index in [0.29, 0.717) is 19.4 Å². The van der Waals surface area contributed by atoms with Crippen LogP contribution >= 0.6 is 0 Å². The second kappa shape index (κ2) is 5.98. The summed E-state index contributed by atoms with van der Waals surface area (Å²) in [5.41, 5.74) is 0. The summed E-state index contributed by atoms with van der Waals surface area (Å²) in [4.78, 5) is 0. The Balaban J connectivity index is 2.42. The van der Waals surface area contributed by atoms with E-state index in [1.54, 1.807) is 0 Å². The Morgan fingerprint density at radius 1 is 1.24 bits per heavy atom. The highest BCUT2D eigenvalue weighted by atomic mass is 32.2. The summed E-state index contributed by atoms with van der Waals surface area (Å²) in [7, 11) is -4.08. The normalized spacial score (nSPS) is 23.4. The molecule has 0 saturated carbocycles. The van der Waals surface area contributed by atoms with Crippen LogP contribution in [0.15, 0.2) is 0 Å². The molecule has 3 N–H and O–H groups in total. The van der Waals surface area contributed by atoms with Gasteiger partial charge in [0.1, 0.15) is 6.54 Å². The van der Waals surface area contributed by atoms with Gasteiger partial charge in [0.15, 0.2) is 0 Å². The molecule has 0 aliphatic carbocycles. The molecule has 17 heavy (non-hydrogen) atoms. The van der Waals surface area contributed by atoms with Crippen molar-refractivity contribution in [3.05, 3.63) is 0 Å². The minimum Gasteiger partial charge on any atom is -0.317 e. The van der Waals surface area contributed by atoms with Gasteiger partial charge in [0.25, 0.3) is 10.2 Å². The van der Waals surface area contributed by atoms with Crippen LogP contribution in [0.4, 0.5) is 13.2 Å². The fourth-order valence-corrected chi connectivity index (χ4v) is 2.69. The van der Waals surface area contributed by atoms with Gasteiger partial charge >= 0.3 is 6.18 Å². The second-order valence-corrected chi connectivity index (χ2v) is 5.47. The summed E-state index contributed by atoms with van der Waals surface area (Å²) in [5, 5.41) is 3.08. The number of halogens is 3. The van der Waals surface area contributed by atoms with Gasteiger partial charge in [-0.3, -0.25) is 0 Å². The molecular weight excluding hydrogens is 259 g/mol. The van der Waals surface area contributed by atoms with Crippen molar-refractivity contribution in [3.8, 4) is 0 Å². The first-order valence-corrected chi connectivity index (χ1v) is 6.81. The van der Waals surface area contributed by atoms with Crippen LogP contribution in [-0.2, 0) is 10.2 Å². The molecule has 1 aliphatic rings. The molecule has 0 aromatic heterocycles. The maximum absolute atomic E-state index is 11.9. The molecule has 1 rings (SSSR count). The minimum atomic E-state index is -4.54. The molecule has 1 unspecified atom stereocenters. The molecule has 1 saturated heterocycles. The van der Waals surface area contributed by atoms with Crippen LogP contribution in [0, 0.1) is 0 Å². The molecule has 0 spiro atoms. The lowest BCUT2D eigenvalue weighted by atomic mass is 10.1. The molecule has 0 amide bonds. The topological polar surface area (TPSA) is 70.2 Å². The van der Waals surface area contributed by atoms with E-state index < -0.39 is 22.9 Å². The van der Waals surface area contributed by atoms with E-state index in [1.807, 2.05) is 0 Å². The third-order valence-corrected chi connectivity index (χ3v) is 3.53. The average Bonchev–Trinajstić information content (AvgIpc) is 2.42. The zero-order valence-electron chi connectivity index (χ0n) is 9.18. The maximum atomic E-state index is 11.9. The smallest absolute Gasteiger partial charge is 0.317 e. The zero-order chi connectivity index (χ0) is 12.9. The van der Waals surface area contributed by atoms with Crippen LogP contribution in [0.25, 0.3) is 0 Å². The van der Waals surface area contributed by atoms with Gasteiger partial charge in [-0.1, -0.05) is 0 Å². The number of rotatable bonds is 4. The number of alkyl halides is 3. The quantitative estimate of drug-likeness (QED) is 0.682. The van der Waals surface area contributed by atoms with Gasteiger partial charge < -0.3 is 5.32 Å². The highest BCUT2D eigenvalue weighted by Crippen LogP contribution is 2.13. The first-order chi connectivity index (χ1) is 7.79. The van der Waals surface area contributed by atoms with Crippen LogP contribution < -0.4 is 14.8 Å². The molecule has 1 atom stereocenters. The summed E-state index contributed by atoms with van der Waals surface area (Å²) in [6.07, 6.45) is -2.54. The standard InChI is InChI=1S/C8H16F3N3O2S/c9-8(10,11)6-13-17(15,16)14-7-2-1-4-12-5-3-7/h7,12-14H,1-6H2. The SMILES string of the molecule is O=S(=O)(NCC(F)(F)F)NC1CCCNCC1. The van der Waals surface area contributed by atoms with Gasteiger partial charge in [-0.15, -0.1) is 0 Å². The molecule has 5 nitrogen and oxygen atoms in total. The van der Waals surface area contributed by atoms with E-state index in [4.69, 9.17) is 0 Å². The number of nitrogens with one attached hydrogen (secondary N) is 3. The Kier molecular flexibility index (Phi) is 5.17. The first kappa shape index (κ1) is 14.7. The van der Waals surface area contributed by atoms with Crippen LogP contribution in [0.1, 0.15) is 19.3 Å². The predicted octanol–water partition coefficient (Wildman–Crippen LogP) is 0.115. The molecule has 0 aromatic carbocycles. The Morgan fingerprint density at radius 2 is 1.94 bits per heavy atom. The first-order valence-electron chi connectivity index (χ1n) is 5.33. The van der Waals surface area contributed by atoms with E-state index in [0.717, 1.165) is 13.0 Å². The molecule has 1 fully saturated rings. The van der Waals surface area contributed by atoms with Crippen molar-refractivity contribution in [2.75, 3.05) is 19.6 Å². The Morgan fingerprint density at radius 3 is 2.59 bits per heavy atom. The summed E-state index contributed by atoms with van der Waals surface area (Å²) in [6.45, 7) is -0.0893. The fourth-order valence-electron chi connectivity index (χ4n) is 1.57. The van der Waals surface area contributed by atoms with Gasteiger partial charge in [-0.25, -0.2) is 0 Å². The summed E-state index contributed by atoms with van der Waals surface area (Å²) >= 11 is 0. The minimum absolute atomic E-state index is 0.310. The van der Waals surface area contributed by atoms with Crippen LogP contribution in [-0.4, -0.2) is 40.3 Å². The van der Waals surface area contributed by atoms with E-state index in [1.165, 1.54) is 4.72 Å². The third-order valence-electron chi connectivity index (χ3n) is 2.36. The van der Waals surface area contributed by atoms with Gasteiger partial charge in [0.2, 0.25) is 0 Å². The summed E-state index contributed by atoms with van der Waals surface area (Å²) in [5.74, 6) is 0. The molecule has 1 aliphatic heterocycles. The largest absolute Gasteiger partial charge is 0.402 e. The molecule has 0 bridgehead atoms. The van der Waals surface area contributed by atoms with Crippen LogP contribution in [0.5, 0.6) is 0 Å². The molecule has 102 valence electrons. The maximum Gasteiger partial charge on any atom is 0.402 e. The van der Waals surface area contributed by atoms with E-state index in [9.17, 15) is 21.6 Å². The number of hydrogen-bond acceptors (Lipinski definition) is 3. The molecule has 0 radical (unpaired) electrons. The predicted molar refractivity (Wildman–Crippen MR) is 56.6 cm³/mol. The zero-order valence-corrected chi connectivity index (χ0v) is 10.00. The van der Waals surface area contributed by atoms with Crippen LogP contribution in [0.3, 0.4) is 0 Å². The van der Waals surface area contributed by atoms with Crippen molar-refractivity contribution in [1.29, 1.82) is 0 Å². The summed E-state index contributed by atoms with van der Waals surface area (Å²) < 4.78 is 61.9. The second-order valence-electron chi connectivity index (χ2n) is 3.94. The molecular formula is C8H16F3N3O2S. The van der Waals surface area contributed by atoms with Crippen molar-refractivity contribution in [2.45, 2.75) is 31.5 Å². The monoisotopic (exact) mass is 275 g/mol. The lowest BCUT2D eigenvalue weighted by molar-refractivity contribution is -0.121. The fraction of sp³-hybridized carbons (Fsp3) is 1.00. The third kappa shape index (κ3) is 6.81. The van der Waals surface area contributed by atoms with Crippen molar-refractivity contribution in [2.24, 2.45) is 0 Å². The number of hydrogen-bond donors (Lipinski definition) is 3. The Hall–Kier alpha value is -0.380. The van der Waals surface area contributed by atoms with E-state index >= 15 is 0 Å². The molecule has 0 aromatic rings. The molecule has 1 heterocycles. The van der Waals surface area contributed by atoms with Crippen molar-refractivity contribution in [1.82, 2.24) is 14.8 Å². The van der Waals surface area contributed by atoms with Gasteiger partial charge in [-0.2, -0.15) is 31.0 Å². The van der Waals surface area contributed by atoms with Crippen LogP contribution in [0.2, 0.25) is 0 Å². The van der Waals surface area contributed by atoms with E-state index in [2.05, 4.69) is 10.0 Å². The van der Waals surface area contributed by atoms with Crippen molar-refractivity contribution >= 4 is 10.2 Å². The van der Waals surface area contributed by atoms with E-state index in [-0.39, 0.29) is 6.04 Å². The van der Waals surface area contributed by atoms with Crippen molar-refractivity contribution in [3.63, 3.8) is 0 Å². The summed E-state index contributed by atoms with van der Waals surface area (Å²) in [6, 6.07) is -0.310. The van der Waals surface area contributed by atoms with Gasteiger partial charge in [0, 0.05) is 6.04 Å². The highest BCUT2D eigenvalue weighted by Gasteiger charge is 2.30. The Labute approximate surface area is 98.3 Å². The lowest BCUT2D eigenvalue weighted by Gasteiger charge is -2.17. The Bertz CT molecular complexity index is 323. The highest BCUT2D eigenvalue weighted by molar-refractivity contribution is 7.87. The molecule has 9 heteroatoms. The van der Waals surface area contributed by atoms with Crippen molar-refractivity contribution < 1.29 is 21.6 Å². The average molecular weight is 275 g/mol. The van der Waals surface area contributed by atoms with Gasteiger partial charge in [-0.05, 0) is 32.4 Å².